The SMILES string of the molecule is CC(C)P(=O)(O)OC[C@H]1O[C@@H](C)C[C@@H]1OP(=O)(O)O[C@H]1O[C@@H](C)C[C@@H]1OP(=O)(O)C(C)C. The van der Waals surface area contributed by atoms with Crippen LogP contribution in [0.3, 0.4) is 0 Å². The Balaban J connectivity index is 2.03. The average molecular weight is 524 g/mol. The normalized spacial score (nSPS) is 36.8. The first-order chi connectivity index (χ1) is 14.5. The van der Waals surface area contributed by atoms with E-state index in [0.29, 0.717) is 0 Å². The van der Waals surface area contributed by atoms with Gasteiger partial charge >= 0.3 is 23.0 Å². The largest absolute Gasteiger partial charge is 0.474 e. The molecule has 2 aliphatic rings. The summed E-state index contributed by atoms with van der Waals surface area (Å²) < 4.78 is 68.8. The molecule has 12 nitrogen and oxygen atoms in total. The first kappa shape index (κ1) is 28.6. The first-order valence-electron chi connectivity index (χ1n) is 10.5. The minimum absolute atomic E-state index is 0.183. The Kier molecular flexibility index (Phi) is 9.76. The highest BCUT2D eigenvalue weighted by molar-refractivity contribution is 7.53. The molecule has 0 aliphatic carbocycles. The molecule has 3 unspecified atom stereocenters. The van der Waals surface area contributed by atoms with Crippen LogP contribution in [0.2, 0.25) is 0 Å². The molecule has 0 aromatic heterocycles. The maximum atomic E-state index is 12.7. The number of phosphoric acid groups is 1. The molecule has 0 spiro atoms. The van der Waals surface area contributed by atoms with Gasteiger partial charge in [-0.3, -0.25) is 22.7 Å². The average Bonchev–Trinajstić information content (AvgIpc) is 3.12. The van der Waals surface area contributed by atoms with Gasteiger partial charge in [-0.05, 0) is 13.8 Å². The van der Waals surface area contributed by atoms with Gasteiger partial charge in [-0.15, -0.1) is 0 Å². The fourth-order valence-electron chi connectivity index (χ4n) is 3.15. The lowest BCUT2D eigenvalue weighted by Crippen LogP contribution is -2.31. The number of ether oxygens (including phenoxy) is 2. The molecule has 0 radical (unpaired) electrons. The summed E-state index contributed by atoms with van der Waals surface area (Å²) in [5, 5.41) is 0. The van der Waals surface area contributed by atoms with Gasteiger partial charge in [0.1, 0.15) is 18.3 Å². The Morgan fingerprint density at radius 3 is 1.91 bits per heavy atom. The van der Waals surface area contributed by atoms with E-state index in [-0.39, 0.29) is 25.6 Å². The number of hydrogen-bond acceptors (Lipinski definition) is 9. The van der Waals surface area contributed by atoms with Crippen molar-refractivity contribution in [2.45, 2.75) is 103 Å². The maximum Gasteiger partial charge on any atom is 0.474 e. The summed E-state index contributed by atoms with van der Waals surface area (Å²) in [5.74, 6) is 0. The minimum atomic E-state index is -4.73. The number of phosphoric ester groups is 1. The third-order valence-corrected chi connectivity index (χ3v) is 9.85. The van der Waals surface area contributed by atoms with Crippen molar-refractivity contribution in [1.82, 2.24) is 0 Å². The molecule has 32 heavy (non-hydrogen) atoms. The van der Waals surface area contributed by atoms with E-state index < -0.39 is 65.0 Å². The van der Waals surface area contributed by atoms with Gasteiger partial charge in [0.2, 0.25) is 0 Å². The highest BCUT2D eigenvalue weighted by Crippen LogP contribution is 2.54. The molecule has 190 valence electrons. The van der Waals surface area contributed by atoms with Crippen molar-refractivity contribution < 1.29 is 55.9 Å². The van der Waals surface area contributed by atoms with Crippen molar-refractivity contribution >= 4 is 23.0 Å². The molecule has 0 bridgehead atoms. The van der Waals surface area contributed by atoms with Crippen molar-refractivity contribution in [2.75, 3.05) is 6.61 Å². The lowest BCUT2D eigenvalue weighted by Gasteiger charge is -2.27. The summed E-state index contributed by atoms with van der Waals surface area (Å²) in [6.45, 7) is 9.18. The number of rotatable bonds is 11. The van der Waals surface area contributed by atoms with E-state index in [9.17, 15) is 28.4 Å². The molecule has 15 heteroatoms. The predicted molar refractivity (Wildman–Crippen MR) is 114 cm³/mol. The van der Waals surface area contributed by atoms with Crippen LogP contribution in [0.15, 0.2) is 0 Å². The third-order valence-electron chi connectivity index (χ3n) is 5.14. The Morgan fingerprint density at radius 2 is 1.34 bits per heavy atom. The zero-order valence-electron chi connectivity index (χ0n) is 19.1. The summed E-state index contributed by atoms with van der Waals surface area (Å²) in [5.41, 5.74) is -1.30. The van der Waals surface area contributed by atoms with Crippen LogP contribution in [-0.4, -0.2) is 69.4 Å². The monoisotopic (exact) mass is 524 g/mol. The molecular weight excluding hydrogens is 489 g/mol. The Labute approximate surface area is 188 Å². The van der Waals surface area contributed by atoms with Gasteiger partial charge < -0.3 is 28.7 Å². The highest BCUT2D eigenvalue weighted by atomic mass is 31.2. The molecule has 2 heterocycles. The molecule has 2 rings (SSSR count). The zero-order valence-corrected chi connectivity index (χ0v) is 21.8. The van der Waals surface area contributed by atoms with Crippen LogP contribution in [0.5, 0.6) is 0 Å². The summed E-state index contributed by atoms with van der Waals surface area (Å²) >= 11 is 0. The Morgan fingerprint density at radius 1 is 0.812 bits per heavy atom. The van der Waals surface area contributed by atoms with Crippen molar-refractivity contribution in [3.63, 3.8) is 0 Å². The molecule has 3 N–H and O–H groups in total. The van der Waals surface area contributed by atoms with Gasteiger partial charge in [0.05, 0.1) is 30.1 Å². The van der Waals surface area contributed by atoms with Crippen LogP contribution in [-0.2, 0) is 41.3 Å². The predicted octanol–water partition coefficient (Wildman–Crippen LogP) is 3.39. The van der Waals surface area contributed by atoms with E-state index in [1.54, 1.807) is 13.8 Å². The highest BCUT2D eigenvalue weighted by Gasteiger charge is 2.46. The van der Waals surface area contributed by atoms with Crippen molar-refractivity contribution in [2.24, 2.45) is 0 Å². The van der Waals surface area contributed by atoms with Gasteiger partial charge in [0.15, 0.2) is 6.29 Å². The topological polar surface area (TPSA) is 167 Å². The van der Waals surface area contributed by atoms with Crippen molar-refractivity contribution in [1.29, 1.82) is 0 Å². The Hall–Kier alpha value is 0.330. The van der Waals surface area contributed by atoms with Gasteiger partial charge in [-0.25, -0.2) is 4.57 Å². The fraction of sp³-hybridized carbons (Fsp3) is 1.00. The van der Waals surface area contributed by atoms with Gasteiger partial charge in [-0.1, -0.05) is 27.7 Å². The molecule has 0 saturated carbocycles. The minimum Gasteiger partial charge on any atom is -0.370 e. The van der Waals surface area contributed by atoms with E-state index in [1.807, 2.05) is 0 Å². The molecule has 2 fully saturated rings. The molecule has 2 aliphatic heterocycles. The maximum absolute atomic E-state index is 12.7. The molecular formula is C17H35O12P3. The molecule has 0 aromatic carbocycles. The summed E-state index contributed by atoms with van der Waals surface area (Å²) in [7, 11) is -12.6. The van der Waals surface area contributed by atoms with Gasteiger partial charge in [-0.2, -0.15) is 0 Å². The van der Waals surface area contributed by atoms with Crippen LogP contribution in [0, 0.1) is 0 Å². The second-order valence-electron chi connectivity index (χ2n) is 8.74. The van der Waals surface area contributed by atoms with E-state index in [2.05, 4.69) is 0 Å². The first-order valence-corrected chi connectivity index (χ1v) is 15.3. The van der Waals surface area contributed by atoms with Gasteiger partial charge in [0.25, 0.3) is 0 Å². The van der Waals surface area contributed by atoms with Crippen LogP contribution < -0.4 is 0 Å². The van der Waals surface area contributed by atoms with E-state index in [1.165, 1.54) is 27.7 Å². The second-order valence-corrected chi connectivity index (χ2v) is 14.9. The van der Waals surface area contributed by atoms with Crippen LogP contribution in [0.25, 0.3) is 0 Å². The Bertz CT molecular complexity index is 774. The quantitative estimate of drug-likeness (QED) is 0.338. The van der Waals surface area contributed by atoms with E-state index in [0.717, 1.165) is 0 Å². The van der Waals surface area contributed by atoms with Crippen molar-refractivity contribution in [3.8, 4) is 0 Å². The second kappa shape index (κ2) is 10.9. The lowest BCUT2D eigenvalue weighted by molar-refractivity contribution is -0.119. The van der Waals surface area contributed by atoms with Crippen LogP contribution >= 0.6 is 23.0 Å². The lowest BCUT2D eigenvalue weighted by atomic mass is 10.1. The van der Waals surface area contributed by atoms with E-state index in [4.69, 9.17) is 27.6 Å². The smallest absolute Gasteiger partial charge is 0.370 e. The van der Waals surface area contributed by atoms with E-state index >= 15 is 0 Å². The van der Waals surface area contributed by atoms with Gasteiger partial charge in [0, 0.05) is 12.8 Å². The summed E-state index contributed by atoms with van der Waals surface area (Å²) in [6, 6.07) is 0. The third kappa shape index (κ3) is 7.94. The molecule has 9 atom stereocenters. The molecule has 0 aromatic rings. The zero-order chi connectivity index (χ0) is 24.5. The molecule has 2 saturated heterocycles. The fourth-order valence-corrected chi connectivity index (χ4v) is 5.68. The summed E-state index contributed by atoms with van der Waals surface area (Å²) in [4.78, 5) is 30.2. The van der Waals surface area contributed by atoms with Crippen LogP contribution in [0.4, 0.5) is 0 Å². The van der Waals surface area contributed by atoms with Crippen molar-refractivity contribution in [3.05, 3.63) is 0 Å². The van der Waals surface area contributed by atoms with Crippen LogP contribution in [0.1, 0.15) is 54.4 Å². The molecule has 0 amide bonds. The standard InChI is InChI=1S/C17H35O12P3/c1-10(2)30(18,19)24-9-16-14(7-12(5)25-16)28-32(22,23)29-17-15(8-13(6)26-17)27-31(20,21)11(3)4/h10-17H,7-9H2,1-6H3,(H,18,19)(H,20,21)(H,22,23)/t12-,13-,14-,15-,16+,17+/m0/s1. The number of hydrogen-bond donors (Lipinski definition) is 3. The summed E-state index contributed by atoms with van der Waals surface area (Å²) in [6.07, 6.45) is -4.65.